The molecule has 3 rings (SSSR count). The average molecular weight is 323 g/mol. The van der Waals surface area contributed by atoms with E-state index in [4.69, 9.17) is 10.5 Å². The standard InChI is InChI=1S/C14H21N5O2S/c15-12-11(16-2-3-17-12)13(20)18-9-14(1-8-22-10-14)19-4-6-21-7-5-19/h2-3H,1,4-10H2,(H2,15,17)(H,18,20). The van der Waals surface area contributed by atoms with Gasteiger partial charge in [-0.25, -0.2) is 9.97 Å². The summed E-state index contributed by atoms with van der Waals surface area (Å²) >= 11 is 1.94. The number of thioether (sulfide) groups is 1. The quantitative estimate of drug-likeness (QED) is 0.805. The Morgan fingerprint density at radius 3 is 2.86 bits per heavy atom. The molecule has 1 aromatic rings. The van der Waals surface area contributed by atoms with Crippen molar-refractivity contribution >= 4 is 23.5 Å². The number of anilines is 1. The maximum atomic E-state index is 12.3. The van der Waals surface area contributed by atoms with Gasteiger partial charge in [0.15, 0.2) is 11.5 Å². The molecule has 0 aromatic carbocycles. The summed E-state index contributed by atoms with van der Waals surface area (Å²) in [5.41, 5.74) is 5.93. The zero-order valence-electron chi connectivity index (χ0n) is 12.5. The molecule has 2 saturated heterocycles. The molecule has 1 atom stereocenters. The molecule has 0 radical (unpaired) electrons. The van der Waals surface area contributed by atoms with Crippen LogP contribution in [0.1, 0.15) is 16.9 Å². The Morgan fingerprint density at radius 2 is 2.18 bits per heavy atom. The lowest BCUT2D eigenvalue weighted by atomic mass is 9.95. The summed E-state index contributed by atoms with van der Waals surface area (Å²) in [6.07, 6.45) is 4.04. The maximum absolute atomic E-state index is 12.3. The number of nitrogens with zero attached hydrogens (tertiary/aromatic N) is 3. The number of rotatable bonds is 4. The maximum Gasteiger partial charge on any atom is 0.273 e. The zero-order valence-corrected chi connectivity index (χ0v) is 13.3. The molecule has 8 heteroatoms. The summed E-state index contributed by atoms with van der Waals surface area (Å²) in [7, 11) is 0. The lowest BCUT2D eigenvalue weighted by molar-refractivity contribution is -0.0129. The molecule has 7 nitrogen and oxygen atoms in total. The second kappa shape index (κ2) is 6.80. The third kappa shape index (κ3) is 3.18. The van der Waals surface area contributed by atoms with E-state index in [9.17, 15) is 4.79 Å². The fourth-order valence-corrected chi connectivity index (χ4v) is 4.46. The van der Waals surface area contributed by atoms with Crippen molar-refractivity contribution in [3.63, 3.8) is 0 Å². The van der Waals surface area contributed by atoms with E-state index >= 15 is 0 Å². The van der Waals surface area contributed by atoms with E-state index < -0.39 is 0 Å². The van der Waals surface area contributed by atoms with Crippen molar-refractivity contribution in [2.45, 2.75) is 12.0 Å². The first-order valence-corrected chi connectivity index (χ1v) is 8.62. The predicted octanol–water partition coefficient (Wildman–Crippen LogP) is -0.00350. The molecule has 0 spiro atoms. The number of ether oxygens (including phenoxy) is 1. The highest BCUT2D eigenvalue weighted by atomic mass is 32.2. The third-order valence-electron chi connectivity index (χ3n) is 4.28. The van der Waals surface area contributed by atoms with Crippen LogP contribution >= 0.6 is 11.8 Å². The number of aromatic nitrogens is 2. The topological polar surface area (TPSA) is 93.4 Å². The SMILES string of the molecule is Nc1nccnc1C(=O)NCC1(N2CCOCC2)CCSC1. The molecule has 3 N–H and O–H groups in total. The van der Waals surface area contributed by atoms with Gasteiger partial charge >= 0.3 is 0 Å². The smallest absolute Gasteiger partial charge is 0.273 e. The van der Waals surface area contributed by atoms with Crippen molar-refractivity contribution in [3.8, 4) is 0 Å². The first kappa shape index (κ1) is 15.5. The van der Waals surface area contributed by atoms with Crippen molar-refractivity contribution in [2.24, 2.45) is 0 Å². The van der Waals surface area contributed by atoms with Gasteiger partial charge in [0.2, 0.25) is 0 Å². The zero-order chi connectivity index (χ0) is 15.4. The van der Waals surface area contributed by atoms with Crippen LogP contribution in [0.15, 0.2) is 12.4 Å². The molecule has 1 amide bonds. The Hall–Kier alpha value is -1.38. The summed E-state index contributed by atoms with van der Waals surface area (Å²) < 4.78 is 5.44. The molecule has 2 fully saturated rings. The number of hydrogen-bond donors (Lipinski definition) is 2. The molecule has 0 saturated carbocycles. The molecule has 1 unspecified atom stereocenters. The number of nitrogen functional groups attached to an aromatic ring is 1. The van der Waals surface area contributed by atoms with Crippen LogP contribution in [0.2, 0.25) is 0 Å². The van der Waals surface area contributed by atoms with Gasteiger partial charge in [-0.15, -0.1) is 0 Å². The summed E-state index contributed by atoms with van der Waals surface area (Å²) in [5.74, 6) is 2.07. The number of nitrogens with one attached hydrogen (secondary N) is 1. The van der Waals surface area contributed by atoms with Gasteiger partial charge in [-0.05, 0) is 12.2 Å². The summed E-state index contributed by atoms with van der Waals surface area (Å²) in [5, 5.41) is 3.00. The van der Waals surface area contributed by atoms with Gasteiger partial charge in [0.25, 0.3) is 5.91 Å². The molecule has 0 aliphatic carbocycles. The van der Waals surface area contributed by atoms with E-state index in [-0.39, 0.29) is 23.0 Å². The minimum Gasteiger partial charge on any atom is -0.382 e. The van der Waals surface area contributed by atoms with Crippen LogP contribution in [0.25, 0.3) is 0 Å². The van der Waals surface area contributed by atoms with Crippen molar-refractivity contribution in [1.82, 2.24) is 20.2 Å². The largest absolute Gasteiger partial charge is 0.382 e. The molecule has 2 aliphatic heterocycles. The molecule has 3 heterocycles. The predicted molar refractivity (Wildman–Crippen MR) is 85.8 cm³/mol. The Bertz CT molecular complexity index is 530. The first-order valence-electron chi connectivity index (χ1n) is 7.46. The van der Waals surface area contributed by atoms with E-state index in [0.29, 0.717) is 6.54 Å². The van der Waals surface area contributed by atoms with Gasteiger partial charge in [0, 0.05) is 43.3 Å². The van der Waals surface area contributed by atoms with Crippen molar-refractivity contribution in [1.29, 1.82) is 0 Å². The number of hydrogen-bond acceptors (Lipinski definition) is 7. The Kier molecular flexibility index (Phi) is 4.80. The minimum absolute atomic E-state index is 0.0150. The summed E-state index contributed by atoms with van der Waals surface area (Å²) in [6, 6.07) is 0. The Balaban J connectivity index is 1.67. The van der Waals surface area contributed by atoms with Crippen LogP contribution in [0.5, 0.6) is 0 Å². The Labute approximate surface area is 134 Å². The lowest BCUT2D eigenvalue weighted by Gasteiger charge is -2.43. The van der Waals surface area contributed by atoms with Crippen LogP contribution < -0.4 is 11.1 Å². The fraction of sp³-hybridized carbons (Fsp3) is 0.643. The van der Waals surface area contributed by atoms with Crippen LogP contribution in [0.3, 0.4) is 0 Å². The molecule has 120 valence electrons. The molecule has 22 heavy (non-hydrogen) atoms. The van der Waals surface area contributed by atoms with Crippen molar-refractivity contribution in [3.05, 3.63) is 18.1 Å². The first-order chi connectivity index (χ1) is 10.7. The molecular formula is C14H21N5O2S. The van der Waals surface area contributed by atoms with Gasteiger partial charge < -0.3 is 15.8 Å². The Morgan fingerprint density at radius 1 is 1.41 bits per heavy atom. The summed E-state index contributed by atoms with van der Waals surface area (Å²) in [4.78, 5) is 22.7. The average Bonchev–Trinajstić information content (AvgIpc) is 3.04. The van der Waals surface area contributed by atoms with Gasteiger partial charge in [0.1, 0.15) is 0 Å². The number of morpholine rings is 1. The highest BCUT2D eigenvalue weighted by Crippen LogP contribution is 2.33. The summed E-state index contributed by atoms with van der Waals surface area (Å²) in [6.45, 7) is 3.97. The third-order valence-corrected chi connectivity index (χ3v) is 5.52. The van der Waals surface area contributed by atoms with Crippen LogP contribution in [0, 0.1) is 0 Å². The molecule has 1 aromatic heterocycles. The molecule has 2 aliphatic rings. The van der Waals surface area contributed by atoms with Crippen molar-refractivity contribution in [2.75, 3.05) is 50.1 Å². The van der Waals surface area contributed by atoms with Crippen LogP contribution in [0.4, 0.5) is 5.82 Å². The second-order valence-electron chi connectivity index (χ2n) is 5.60. The molecule has 0 bridgehead atoms. The minimum atomic E-state index is -0.255. The highest BCUT2D eigenvalue weighted by molar-refractivity contribution is 7.99. The lowest BCUT2D eigenvalue weighted by Crippen LogP contribution is -2.59. The van der Waals surface area contributed by atoms with Crippen LogP contribution in [-0.4, -0.2) is 70.7 Å². The van der Waals surface area contributed by atoms with Gasteiger partial charge in [0.05, 0.1) is 13.2 Å². The van der Waals surface area contributed by atoms with Gasteiger partial charge in [-0.2, -0.15) is 11.8 Å². The van der Waals surface area contributed by atoms with Crippen LogP contribution in [-0.2, 0) is 4.74 Å². The number of amides is 1. The van der Waals surface area contributed by atoms with Crippen molar-refractivity contribution < 1.29 is 9.53 Å². The van der Waals surface area contributed by atoms with E-state index in [0.717, 1.165) is 44.2 Å². The highest BCUT2D eigenvalue weighted by Gasteiger charge is 2.41. The van der Waals surface area contributed by atoms with E-state index in [1.54, 1.807) is 0 Å². The number of carbonyl (C=O) groups excluding carboxylic acids is 1. The van der Waals surface area contributed by atoms with E-state index in [1.807, 2.05) is 11.8 Å². The number of carbonyl (C=O) groups is 1. The monoisotopic (exact) mass is 323 g/mol. The second-order valence-corrected chi connectivity index (χ2v) is 6.70. The number of nitrogens with two attached hydrogens (primary N) is 1. The fourth-order valence-electron chi connectivity index (χ4n) is 2.99. The van der Waals surface area contributed by atoms with E-state index in [1.165, 1.54) is 12.4 Å². The van der Waals surface area contributed by atoms with E-state index in [2.05, 4.69) is 20.2 Å². The molecular weight excluding hydrogens is 302 g/mol. The normalized spacial score (nSPS) is 26.0. The van der Waals surface area contributed by atoms with Gasteiger partial charge in [-0.3, -0.25) is 9.69 Å². The van der Waals surface area contributed by atoms with Gasteiger partial charge in [-0.1, -0.05) is 0 Å².